The van der Waals surface area contributed by atoms with Gasteiger partial charge >= 0.3 is 0 Å². The molecule has 1 fully saturated rings. The highest BCUT2D eigenvalue weighted by Gasteiger charge is 2.19. The van der Waals surface area contributed by atoms with Crippen molar-refractivity contribution in [2.24, 2.45) is 4.99 Å². The molecule has 1 aliphatic heterocycles. The fourth-order valence-electron chi connectivity index (χ4n) is 3.29. The normalized spacial score (nSPS) is 15.7. The van der Waals surface area contributed by atoms with E-state index in [9.17, 15) is 4.79 Å². The third-order valence-corrected chi connectivity index (χ3v) is 5.00. The standard InChI is InChI=1S/C19H36N8O.HI/c1-5-10-26-11-7-16(8-12-26)23-19(21-14-18(28)25(3)4)20-9-13-27-15-22-24-17(27)6-2;/h15-16H,5-14H2,1-4H3,(H2,20,21,23);1H. The molecule has 9 nitrogen and oxygen atoms in total. The van der Waals surface area contributed by atoms with E-state index in [4.69, 9.17) is 0 Å². The Labute approximate surface area is 191 Å². The van der Waals surface area contributed by atoms with Crippen LogP contribution in [0.4, 0.5) is 0 Å². The fourth-order valence-corrected chi connectivity index (χ4v) is 3.29. The van der Waals surface area contributed by atoms with E-state index in [0.29, 0.717) is 18.5 Å². The molecule has 0 aromatic carbocycles. The largest absolute Gasteiger partial charge is 0.355 e. The third kappa shape index (κ3) is 8.85. The molecule has 2 N–H and O–H groups in total. The predicted octanol–water partition coefficient (Wildman–Crippen LogP) is 0.956. The summed E-state index contributed by atoms with van der Waals surface area (Å²) in [4.78, 5) is 20.5. The van der Waals surface area contributed by atoms with Gasteiger partial charge in [-0.25, -0.2) is 4.99 Å². The van der Waals surface area contributed by atoms with Crippen LogP contribution >= 0.6 is 24.0 Å². The Morgan fingerprint density at radius 1 is 1.28 bits per heavy atom. The number of guanidine groups is 1. The zero-order chi connectivity index (χ0) is 20.4. The minimum absolute atomic E-state index is 0. The molecule has 0 unspecified atom stereocenters. The minimum Gasteiger partial charge on any atom is -0.355 e. The van der Waals surface area contributed by atoms with Crippen LogP contribution < -0.4 is 10.6 Å². The molecule has 0 saturated carbocycles. The lowest BCUT2D eigenvalue weighted by atomic mass is 10.1. The number of rotatable bonds is 9. The number of hydrogen-bond acceptors (Lipinski definition) is 5. The van der Waals surface area contributed by atoms with Crippen LogP contribution in [0.3, 0.4) is 0 Å². The van der Waals surface area contributed by atoms with Crippen LogP contribution in [0.1, 0.15) is 38.9 Å². The molecule has 1 saturated heterocycles. The number of piperidine rings is 1. The molecule has 2 heterocycles. The van der Waals surface area contributed by atoms with E-state index in [0.717, 1.165) is 44.7 Å². The van der Waals surface area contributed by atoms with E-state index in [2.05, 4.69) is 44.6 Å². The van der Waals surface area contributed by atoms with Crippen molar-refractivity contribution < 1.29 is 4.79 Å². The van der Waals surface area contributed by atoms with Crippen LogP contribution in [-0.4, -0.2) is 89.3 Å². The molecule has 1 aliphatic rings. The first-order valence-corrected chi connectivity index (χ1v) is 10.4. The Morgan fingerprint density at radius 3 is 2.62 bits per heavy atom. The fraction of sp³-hybridized carbons (Fsp3) is 0.789. The monoisotopic (exact) mass is 520 g/mol. The summed E-state index contributed by atoms with van der Waals surface area (Å²) in [6.45, 7) is 9.27. The first-order valence-electron chi connectivity index (χ1n) is 10.4. The second kappa shape index (κ2) is 13.7. The van der Waals surface area contributed by atoms with Gasteiger partial charge in [-0.3, -0.25) is 4.79 Å². The highest BCUT2D eigenvalue weighted by molar-refractivity contribution is 14.0. The van der Waals surface area contributed by atoms with Crippen molar-refractivity contribution in [3.8, 4) is 0 Å². The zero-order valence-corrected chi connectivity index (χ0v) is 20.6. The average Bonchev–Trinajstić information content (AvgIpc) is 3.14. The molecule has 2 rings (SSSR count). The van der Waals surface area contributed by atoms with Gasteiger partial charge in [0, 0.05) is 52.7 Å². The van der Waals surface area contributed by atoms with Gasteiger partial charge in [0.15, 0.2) is 5.96 Å². The van der Waals surface area contributed by atoms with Gasteiger partial charge in [0.1, 0.15) is 18.7 Å². The zero-order valence-electron chi connectivity index (χ0n) is 18.2. The summed E-state index contributed by atoms with van der Waals surface area (Å²) >= 11 is 0. The van der Waals surface area contributed by atoms with Crippen molar-refractivity contribution in [1.29, 1.82) is 0 Å². The molecule has 0 bridgehead atoms. The number of likely N-dealkylation sites (tertiary alicyclic amines) is 1. The number of hydrogen-bond donors (Lipinski definition) is 2. The Bertz CT molecular complexity index is 625. The van der Waals surface area contributed by atoms with E-state index in [1.807, 2.05) is 4.57 Å². The number of aromatic nitrogens is 3. The van der Waals surface area contributed by atoms with E-state index >= 15 is 0 Å². The lowest BCUT2D eigenvalue weighted by molar-refractivity contribution is -0.127. The van der Waals surface area contributed by atoms with E-state index in [-0.39, 0.29) is 36.4 Å². The number of carbonyl (C=O) groups excluding carboxylic acids is 1. The number of nitrogens with one attached hydrogen (secondary N) is 2. The van der Waals surface area contributed by atoms with Crippen molar-refractivity contribution >= 4 is 35.8 Å². The van der Waals surface area contributed by atoms with Crippen LogP contribution in [0.5, 0.6) is 0 Å². The lowest BCUT2D eigenvalue weighted by Gasteiger charge is -2.32. The maximum atomic E-state index is 11.9. The lowest BCUT2D eigenvalue weighted by Crippen LogP contribution is -2.49. The second-order valence-electron chi connectivity index (χ2n) is 7.43. The molecule has 0 aliphatic carbocycles. The van der Waals surface area contributed by atoms with Crippen LogP contribution in [0, 0.1) is 0 Å². The van der Waals surface area contributed by atoms with Crippen molar-refractivity contribution in [3.05, 3.63) is 12.2 Å². The van der Waals surface area contributed by atoms with E-state index in [1.54, 1.807) is 25.3 Å². The van der Waals surface area contributed by atoms with Crippen LogP contribution in [-0.2, 0) is 17.8 Å². The smallest absolute Gasteiger partial charge is 0.243 e. The van der Waals surface area contributed by atoms with Gasteiger partial charge in [0.05, 0.1) is 0 Å². The van der Waals surface area contributed by atoms with Gasteiger partial charge in [-0.05, 0) is 25.8 Å². The SMILES string of the molecule is CCCN1CCC(NC(=NCC(=O)N(C)C)NCCn2cnnc2CC)CC1.I. The van der Waals surface area contributed by atoms with E-state index in [1.165, 1.54) is 13.0 Å². The number of halogens is 1. The molecule has 166 valence electrons. The van der Waals surface area contributed by atoms with Crippen molar-refractivity contribution in [2.45, 2.75) is 52.1 Å². The highest BCUT2D eigenvalue weighted by Crippen LogP contribution is 2.10. The van der Waals surface area contributed by atoms with Gasteiger partial charge in [0.2, 0.25) is 5.91 Å². The molecule has 0 radical (unpaired) electrons. The topological polar surface area (TPSA) is 90.7 Å². The van der Waals surface area contributed by atoms with Crippen molar-refractivity contribution in [3.63, 3.8) is 0 Å². The number of aliphatic imine (C=N–C) groups is 1. The number of amides is 1. The molecule has 10 heteroatoms. The van der Waals surface area contributed by atoms with Crippen LogP contribution in [0.2, 0.25) is 0 Å². The van der Waals surface area contributed by atoms with Crippen LogP contribution in [0.15, 0.2) is 11.3 Å². The van der Waals surface area contributed by atoms with Crippen molar-refractivity contribution in [1.82, 2.24) is 35.2 Å². The predicted molar refractivity (Wildman–Crippen MR) is 127 cm³/mol. The summed E-state index contributed by atoms with van der Waals surface area (Å²) in [6.07, 6.45) is 5.99. The van der Waals surface area contributed by atoms with Gasteiger partial charge in [-0.15, -0.1) is 34.2 Å². The molecular weight excluding hydrogens is 483 g/mol. The Hall–Kier alpha value is -1.43. The van der Waals surface area contributed by atoms with Gasteiger partial charge in [-0.1, -0.05) is 13.8 Å². The molecule has 0 atom stereocenters. The molecule has 1 aromatic rings. The summed E-state index contributed by atoms with van der Waals surface area (Å²) in [6, 6.07) is 0.384. The second-order valence-corrected chi connectivity index (χ2v) is 7.43. The summed E-state index contributed by atoms with van der Waals surface area (Å²) in [5, 5.41) is 15.0. The summed E-state index contributed by atoms with van der Waals surface area (Å²) in [5.41, 5.74) is 0. The average molecular weight is 520 g/mol. The van der Waals surface area contributed by atoms with Crippen molar-refractivity contribution in [2.75, 3.05) is 46.8 Å². The maximum Gasteiger partial charge on any atom is 0.243 e. The summed E-state index contributed by atoms with van der Waals surface area (Å²) < 4.78 is 2.04. The number of carbonyl (C=O) groups is 1. The number of likely N-dealkylation sites (N-methyl/N-ethyl adjacent to an activating group) is 1. The Morgan fingerprint density at radius 2 is 2.00 bits per heavy atom. The molecular formula is C19H37IN8O. The van der Waals surface area contributed by atoms with Gasteiger partial charge in [0.25, 0.3) is 0 Å². The summed E-state index contributed by atoms with van der Waals surface area (Å²) in [5.74, 6) is 1.67. The Balaban J connectivity index is 0.00000420. The van der Waals surface area contributed by atoms with Gasteiger partial charge < -0.3 is 25.0 Å². The Kier molecular flexibility index (Phi) is 12.1. The number of nitrogens with zero attached hydrogens (tertiary/aromatic N) is 6. The minimum atomic E-state index is -0.00839. The maximum absolute atomic E-state index is 11.9. The van der Waals surface area contributed by atoms with E-state index < -0.39 is 0 Å². The molecule has 0 spiro atoms. The molecule has 1 amide bonds. The third-order valence-electron chi connectivity index (χ3n) is 5.00. The highest BCUT2D eigenvalue weighted by atomic mass is 127. The summed E-state index contributed by atoms with van der Waals surface area (Å²) in [7, 11) is 3.50. The molecule has 1 aromatic heterocycles. The molecule has 29 heavy (non-hydrogen) atoms. The first kappa shape index (κ1) is 25.6. The quantitative estimate of drug-likeness (QED) is 0.287. The van der Waals surface area contributed by atoms with Crippen LogP contribution in [0.25, 0.3) is 0 Å². The first-order chi connectivity index (χ1) is 13.5. The van der Waals surface area contributed by atoms with Gasteiger partial charge in [-0.2, -0.15) is 0 Å². The number of aryl methyl sites for hydroxylation is 1.